The van der Waals surface area contributed by atoms with Gasteiger partial charge in [0.25, 0.3) is 0 Å². The van der Waals surface area contributed by atoms with Crippen molar-refractivity contribution in [3.05, 3.63) is 100 Å². The first-order chi connectivity index (χ1) is 19.9. The summed E-state index contributed by atoms with van der Waals surface area (Å²) < 4.78 is 41.4. The highest BCUT2D eigenvalue weighted by Crippen LogP contribution is 2.27. The third-order valence-corrected chi connectivity index (χ3v) is 8.26. The Morgan fingerprint density at radius 3 is 2.31 bits per heavy atom. The maximum absolute atomic E-state index is 14.8. The zero-order valence-corrected chi connectivity index (χ0v) is 26.1. The molecule has 0 saturated carbocycles. The standard InChI is InChI=1S/C32H39ClFN3O4S/c1-23(2)21-35-32(39)30(19-25-11-6-5-7-12-25)36(22-26-13-8-9-14-28(26)34)31(38)15-10-18-37(42(4,40)41)29-20-27(33)17-16-24(29)3/h5-9,11-14,16-17,20,23,30H,10,15,18-19,21-22H2,1-4H3,(H,35,39). The van der Waals surface area contributed by atoms with Crippen LogP contribution in [-0.2, 0) is 32.6 Å². The molecule has 0 aliphatic rings. The van der Waals surface area contributed by atoms with Crippen molar-refractivity contribution in [2.45, 2.75) is 52.6 Å². The molecule has 226 valence electrons. The topological polar surface area (TPSA) is 86.8 Å². The van der Waals surface area contributed by atoms with E-state index in [0.717, 1.165) is 17.4 Å². The number of carbonyl (C=O) groups is 2. The predicted octanol–water partition coefficient (Wildman–Crippen LogP) is 5.75. The van der Waals surface area contributed by atoms with Crippen molar-refractivity contribution in [1.82, 2.24) is 10.2 Å². The molecule has 3 rings (SSSR count). The van der Waals surface area contributed by atoms with Gasteiger partial charge in [-0.05, 0) is 48.6 Å². The monoisotopic (exact) mass is 615 g/mol. The Bertz CT molecular complexity index is 1470. The third-order valence-electron chi connectivity index (χ3n) is 6.85. The highest BCUT2D eigenvalue weighted by molar-refractivity contribution is 7.92. The first kappa shape index (κ1) is 33.1. The summed E-state index contributed by atoms with van der Waals surface area (Å²) in [7, 11) is -3.68. The van der Waals surface area contributed by atoms with E-state index in [1.807, 2.05) is 44.2 Å². The number of hydrogen-bond donors (Lipinski definition) is 1. The van der Waals surface area contributed by atoms with Crippen LogP contribution in [-0.4, -0.2) is 50.5 Å². The smallest absolute Gasteiger partial charge is 0.243 e. The van der Waals surface area contributed by atoms with Gasteiger partial charge in [-0.15, -0.1) is 0 Å². The second kappa shape index (κ2) is 15.2. The Morgan fingerprint density at radius 2 is 1.67 bits per heavy atom. The molecule has 1 atom stereocenters. The number of halogens is 2. The number of sulfonamides is 1. The average Bonchev–Trinajstić information content (AvgIpc) is 2.94. The maximum Gasteiger partial charge on any atom is 0.243 e. The maximum atomic E-state index is 14.8. The molecule has 0 spiro atoms. The number of aryl methyl sites for hydroxylation is 1. The molecule has 10 heteroatoms. The van der Waals surface area contributed by atoms with Crippen LogP contribution in [0, 0.1) is 18.7 Å². The molecule has 42 heavy (non-hydrogen) atoms. The van der Waals surface area contributed by atoms with Gasteiger partial charge in [0.15, 0.2) is 0 Å². The van der Waals surface area contributed by atoms with E-state index in [1.165, 1.54) is 15.3 Å². The van der Waals surface area contributed by atoms with Gasteiger partial charge >= 0.3 is 0 Å². The molecule has 0 heterocycles. The number of anilines is 1. The van der Waals surface area contributed by atoms with Crippen molar-refractivity contribution in [2.75, 3.05) is 23.7 Å². The fourth-order valence-electron chi connectivity index (χ4n) is 4.62. The zero-order valence-electron chi connectivity index (χ0n) is 24.5. The van der Waals surface area contributed by atoms with Gasteiger partial charge < -0.3 is 10.2 Å². The van der Waals surface area contributed by atoms with E-state index < -0.39 is 21.9 Å². The van der Waals surface area contributed by atoms with Crippen LogP contribution in [0.5, 0.6) is 0 Å². The highest BCUT2D eigenvalue weighted by atomic mass is 35.5. The average molecular weight is 616 g/mol. The van der Waals surface area contributed by atoms with Gasteiger partial charge in [-0.1, -0.05) is 80.0 Å². The highest BCUT2D eigenvalue weighted by Gasteiger charge is 2.31. The van der Waals surface area contributed by atoms with Gasteiger partial charge in [-0.2, -0.15) is 0 Å². The molecule has 3 aromatic carbocycles. The van der Waals surface area contributed by atoms with Crippen molar-refractivity contribution in [2.24, 2.45) is 5.92 Å². The van der Waals surface area contributed by atoms with E-state index in [9.17, 15) is 22.4 Å². The first-order valence-electron chi connectivity index (χ1n) is 13.9. The first-order valence-corrected chi connectivity index (χ1v) is 16.2. The number of hydrogen-bond acceptors (Lipinski definition) is 4. The van der Waals surface area contributed by atoms with Gasteiger partial charge in [-0.3, -0.25) is 13.9 Å². The molecule has 0 bridgehead atoms. The van der Waals surface area contributed by atoms with E-state index in [0.29, 0.717) is 17.3 Å². The third kappa shape index (κ3) is 9.56. The molecule has 3 aromatic rings. The Morgan fingerprint density at radius 1 is 1.00 bits per heavy atom. The second-order valence-corrected chi connectivity index (χ2v) is 13.2. The van der Waals surface area contributed by atoms with Crippen LogP contribution < -0.4 is 9.62 Å². The lowest BCUT2D eigenvalue weighted by Crippen LogP contribution is -2.51. The number of benzene rings is 3. The molecule has 1 unspecified atom stereocenters. The van der Waals surface area contributed by atoms with Gasteiger partial charge in [0.1, 0.15) is 11.9 Å². The van der Waals surface area contributed by atoms with Crippen LogP contribution in [0.3, 0.4) is 0 Å². The molecule has 0 fully saturated rings. The fourth-order valence-corrected chi connectivity index (χ4v) is 5.80. The fraction of sp³-hybridized carbons (Fsp3) is 0.375. The molecule has 2 amide bonds. The molecule has 0 aliphatic carbocycles. The van der Waals surface area contributed by atoms with Crippen LogP contribution in [0.2, 0.25) is 5.02 Å². The zero-order chi connectivity index (χ0) is 30.9. The lowest BCUT2D eigenvalue weighted by atomic mass is 10.0. The minimum atomic E-state index is -3.68. The molecule has 1 N–H and O–H groups in total. The van der Waals surface area contributed by atoms with Gasteiger partial charge in [-0.25, -0.2) is 12.8 Å². The Hall–Kier alpha value is -3.43. The van der Waals surface area contributed by atoms with Crippen molar-refractivity contribution in [1.29, 1.82) is 0 Å². The van der Waals surface area contributed by atoms with E-state index >= 15 is 0 Å². The molecule has 0 radical (unpaired) electrons. The molecular formula is C32H39ClFN3O4S. The van der Waals surface area contributed by atoms with Crippen molar-refractivity contribution < 1.29 is 22.4 Å². The molecule has 0 aromatic heterocycles. The van der Waals surface area contributed by atoms with Crippen molar-refractivity contribution in [3.8, 4) is 0 Å². The normalized spacial score (nSPS) is 12.2. The van der Waals surface area contributed by atoms with Gasteiger partial charge in [0, 0.05) is 43.1 Å². The number of rotatable bonds is 14. The van der Waals surface area contributed by atoms with E-state index in [1.54, 1.807) is 43.3 Å². The van der Waals surface area contributed by atoms with E-state index in [4.69, 9.17) is 11.6 Å². The number of nitrogens with zero attached hydrogens (tertiary/aromatic N) is 2. The van der Waals surface area contributed by atoms with Gasteiger partial charge in [0.2, 0.25) is 21.8 Å². The van der Waals surface area contributed by atoms with Crippen molar-refractivity contribution >= 4 is 39.1 Å². The largest absolute Gasteiger partial charge is 0.354 e. The number of carbonyl (C=O) groups excluding carboxylic acids is 2. The summed E-state index contributed by atoms with van der Waals surface area (Å²) in [6.07, 6.45) is 1.47. The summed E-state index contributed by atoms with van der Waals surface area (Å²) in [4.78, 5) is 28.8. The summed E-state index contributed by atoms with van der Waals surface area (Å²) in [5.41, 5.74) is 2.30. The number of nitrogens with one attached hydrogen (secondary N) is 1. The van der Waals surface area contributed by atoms with E-state index in [-0.39, 0.29) is 55.6 Å². The van der Waals surface area contributed by atoms with E-state index in [2.05, 4.69) is 5.32 Å². The SMILES string of the molecule is Cc1ccc(Cl)cc1N(CCCC(=O)N(Cc1ccccc1F)C(Cc1ccccc1)C(=O)NCC(C)C)S(C)(=O)=O. The molecule has 7 nitrogen and oxygen atoms in total. The Kier molecular flexibility index (Phi) is 11.9. The van der Waals surface area contributed by atoms with Crippen molar-refractivity contribution in [3.63, 3.8) is 0 Å². The molecule has 0 saturated heterocycles. The lowest BCUT2D eigenvalue weighted by molar-refractivity contribution is -0.141. The lowest BCUT2D eigenvalue weighted by Gasteiger charge is -2.32. The van der Waals surface area contributed by atoms with Crippen LogP contribution in [0.4, 0.5) is 10.1 Å². The molecular weight excluding hydrogens is 577 g/mol. The van der Waals surface area contributed by atoms with Crippen LogP contribution in [0.1, 0.15) is 43.4 Å². The van der Waals surface area contributed by atoms with Crippen LogP contribution in [0.25, 0.3) is 0 Å². The second-order valence-electron chi connectivity index (χ2n) is 10.8. The quantitative estimate of drug-likeness (QED) is 0.250. The number of amides is 2. The van der Waals surface area contributed by atoms with Crippen LogP contribution in [0.15, 0.2) is 72.8 Å². The van der Waals surface area contributed by atoms with Crippen LogP contribution >= 0.6 is 11.6 Å². The predicted molar refractivity (Wildman–Crippen MR) is 166 cm³/mol. The summed E-state index contributed by atoms with van der Waals surface area (Å²) >= 11 is 6.15. The Balaban J connectivity index is 1.91. The summed E-state index contributed by atoms with van der Waals surface area (Å²) in [6.45, 7) is 6.08. The minimum absolute atomic E-state index is 0.0300. The summed E-state index contributed by atoms with van der Waals surface area (Å²) in [6, 6.07) is 19.6. The summed E-state index contributed by atoms with van der Waals surface area (Å²) in [5, 5.41) is 3.33. The summed E-state index contributed by atoms with van der Waals surface area (Å²) in [5.74, 6) is -0.991. The Labute approximate surface area is 253 Å². The minimum Gasteiger partial charge on any atom is -0.354 e. The molecule has 0 aliphatic heterocycles. The van der Waals surface area contributed by atoms with Gasteiger partial charge in [0.05, 0.1) is 11.9 Å².